The Bertz CT molecular complexity index is 390. The van der Waals surface area contributed by atoms with Gasteiger partial charge in [0.2, 0.25) is 0 Å². The molecular weight excluding hydrogens is 198 g/mol. The summed E-state index contributed by atoms with van der Waals surface area (Å²) in [4.78, 5) is 12.1. The minimum atomic E-state index is -0.194. The summed E-state index contributed by atoms with van der Waals surface area (Å²) in [6.07, 6.45) is 0. The third kappa shape index (κ3) is 3.09. The number of carbonyl (C=O) groups is 1. The van der Waals surface area contributed by atoms with E-state index < -0.39 is 0 Å². The van der Waals surface area contributed by atoms with E-state index in [9.17, 15) is 4.79 Å². The number of benzene rings is 1. The number of amides is 1. The van der Waals surface area contributed by atoms with Crippen molar-refractivity contribution in [1.29, 1.82) is 0 Å². The highest BCUT2D eigenvalue weighted by Crippen LogP contribution is 2.17. The molecule has 16 heavy (non-hydrogen) atoms. The molecule has 0 saturated carbocycles. The number of hydrogen-bond acceptors (Lipinski definition) is 1. The van der Waals surface area contributed by atoms with Crippen LogP contribution in [0.15, 0.2) is 12.1 Å². The van der Waals surface area contributed by atoms with Crippen molar-refractivity contribution in [2.75, 3.05) is 0 Å². The first-order valence-corrected chi connectivity index (χ1v) is 5.61. The first kappa shape index (κ1) is 12.8. The maximum Gasteiger partial charge on any atom is 0.252 e. The Morgan fingerprint density at radius 1 is 1.06 bits per heavy atom. The lowest BCUT2D eigenvalue weighted by Gasteiger charge is -2.22. The zero-order valence-electron chi connectivity index (χ0n) is 11.1. The molecule has 1 aromatic carbocycles. The quantitative estimate of drug-likeness (QED) is 0.772. The fraction of sp³-hybridized carbons (Fsp3) is 0.500. The Hall–Kier alpha value is -1.31. The largest absolute Gasteiger partial charge is 0.347 e. The van der Waals surface area contributed by atoms with Gasteiger partial charge in [-0.3, -0.25) is 4.79 Å². The van der Waals surface area contributed by atoms with E-state index in [4.69, 9.17) is 0 Å². The van der Waals surface area contributed by atoms with Crippen LogP contribution >= 0.6 is 0 Å². The smallest absolute Gasteiger partial charge is 0.252 e. The van der Waals surface area contributed by atoms with Crippen molar-refractivity contribution >= 4 is 5.91 Å². The van der Waals surface area contributed by atoms with Crippen LogP contribution in [0.5, 0.6) is 0 Å². The van der Waals surface area contributed by atoms with Crippen LogP contribution in [0.4, 0.5) is 0 Å². The fourth-order valence-corrected chi connectivity index (χ4v) is 1.94. The van der Waals surface area contributed by atoms with Crippen molar-refractivity contribution in [1.82, 2.24) is 5.32 Å². The molecule has 2 heteroatoms. The van der Waals surface area contributed by atoms with E-state index in [1.165, 1.54) is 5.56 Å². The Morgan fingerprint density at radius 3 is 1.88 bits per heavy atom. The van der Waals surface area contributed by atoms with Crippen molar-refractivity contribution in [3.05, 3.63) is 34.4 Å². The van der Waals surface area contributed by atoms with Gasteiger partial charge >= 0.3 is 0 Å². The lowest BCUT2D eigenvalue weighted by molar-refractivity contribution is 0.0918. The van der Waals surface area contributed by atoms with Crippen LogP contribution in [0.2, 0.25) is 0 Å². The molecule has 0 unspecified atom stereocenters. The summed E-state index contributed by atoms with van der Waals surface area (Å²) in [6, 6.07) is 4.09. The molecule has 0 radical (unpaired) electrons. The fourth-order valence-electron chi connectivity index (χ4n) is 1.94. The maximum absolute atomic E-state index is 12.1. The molecule has 0 aliphatic rings. The molecule has 0 bridgehead atoms. The SMILES string of the molecule is Cc1cc(C)c(C(=O)NC(C)(C)C)c(C)c1. The third-order valence-corrected chi connectivity index (χ3v) is 2.39. The molecule has 0 aliphatic heterocycles. The second kappa shape index (κ2) is 4.28. The molecule has 1 aromatic rings. The van der Waals surface area contributed by atoms with Crippen LogP contribution in [-0.2, 0) is 0 Å². The lowest BCUT2D eigenvalue weighted by Crippen LogP contribution is -2.41. The number of carbonyl (C=O) groups excluding carboxylic acids is 1. The van der Waals surface area contributed by atoms with Crippen LogP contribution in [0.1, 0.15) is 47.8 Å². The normalized spacial score (nSPS) is 11.4. The molecule has 0 atom stereocenters. The number of nitrogens with one attached hydrogen (secondary N) is 1. The van der Waals surface area contributed by atoms with Gasteiger partial charge in [0.25, 0.3) is 5.91 Å². The molecular formula is C14H21NO. The first-order chi connectivity index (χ1) is 7.20. The average molecular weight is 219 g/mol. The zero-order valence-corrected chi connectivity index (χ0v) is 11.1. The second-order valence-corrected chi connectivity index (χ2v) is 5.48. The van der Waals surface area contributed by atoms with Crippen molar-refractivity contribution in [3.8, 4) is 0 Å². The maximum atomic E-state index is 12.1. The van der Waals surface area contributed by atoms with Gasteiger partial charge in [0.15, 0.2) is 0 Å². The molecule has 1 N–H and O–H groups in total. The molecule has 0 saturated heterocycles. The van der Waals surface area contributed by atoms with Crippen molar-refractivity contribution < 1.29 is 4.79 Å². The summed E-state index contributed by atoms with van der Waals surface area (Å²) >= 11 is 0. The molecule has 0 spiro atoms. The van der Waals surface area contributed by atoms with Gasteiger partial charge in [-0.15, -0.1) is 0 Å². The molecule has 2 nitrogen and oxygen atoms in total. The summed E-state index contributed by atoms with van der Waals surface area (Å²) in [5.41, 5.74) is 3.89. The van der Waals surface area contributed by atoms with Crippen LogP contribution in [-0.4, -0.2) is 11.4 Å². The van der Waals surface area contributed by atoms with Crippen molar-refractivity contribution in [3.63, 3.8) is 0 Å². The molecule has 0 fully saturated rings. The minimum Gasteiger partial charge on any atom is -0.347 e. The Balaban J connectivity index is 3.10. The van der Waals surface area contributed by atoms with Gasteiger partial charge in [-0.05, 0) is 52.7 Å². The average Bonchev–Trinajstić information content (AvgIpc) is 1.96. The van der Waals surface area contributed by atoms with Gasteiger partial charge in [0, 0.05) is 11.1 Å². The Labute approximate surface area is 98.1 Å². The summed E-state index contributed by atoms with van der Waals surface area (Å²) < 4.78 is 0. The molecule has 88 valence electrons. The van der Waals surface area contributed by atoms with Gasteiger partial charge in [-0.25, -0.2) is 0 Å². The van der Waals surface area contributed by atoms with E-state index >= 15 is 0 Å². The van der Waals surface area contributed by atoms with E-state index in [2.05, 4.69) is 5.32 Å². The van der Waals surface area contributed by atoms with E-state index in [1.54, 1.807) is 0 Å². The van der Waals surface area contributed by atoms with E-state index in [1.807, 2.05) is 53.7 Å². The standard InChI is InChI=1S/C14H21NO/c1-9-7-10(2)12(11(3)8-9)13(16)15-14(4,5)6/h7-8H,1-6H3,(H,15,16). The molecule has 0 aliphatic carbocycles. The zero-order chi connectivity index (χ0) is 12.5. The van der Waals surface area contributed by atoms with Gasteiger partial charge < -0.3 is 5.32 Å². The van der Waals surface area contributed by atoms with Crippen molar-refractivity contribution in [2.24, 2.45) is 0 Å². The van der Waals surface area contributed by atoms with Crippen LogP contribution in [0.3, 0.4) is 0 Å². The monoisotopic (exact) mass is 219 g/mol. The first-order valence-electron chi connectivity index (χ1n) is 5.61. The molecule has 1 rings (SSSR count). The lowest BCUT2D eigenvalue weighted by atomic mass is 9.98. The highest BCUT2D eigenvalue weighted by Gasteiger charge is 2.18. The van der Waals surface area contributed by atoms with Crippen LogP contribution < -0.4 is 5.32 Å². The van der Waals surface area contributed by atoms with Gasteiger partial charge in [-0.1, -0.05) is 17.7 Å². The predicted octanol–water partition coefficient (Wildman–Crippen LogP) is 3.14. The Morgan fingerprint density at radius 2 is 1.50 bits per heavy atom. The number of rotatable bonds is 1. The molecule has 1 amide bonds. The summed E-state index contributed by atoms with van der Waals surface area (Å²) in [6.45, 7) is 12.0. The Kier molecular flexibility index (Phi) is 3.41. The summed E-state index contributed by atoms with van der Waals surface area (Å²) in [5.74, 6) is 0.0162. The minimum absolute atomic E-state index is 0.0162. The number of aryl methyl sites for hydroxylation is 3. The van der Waals surface area contributed by atoms with Crippen molar-refractivity contribution in [2.45, 2.75) is 47.1 Å². The predicted molar refractivity (Wildman–Crippen MR) is 67.9 cm³/mol. The van der Waals surface area contributed by atoms with Gasteiger partial charge in [-0.2, -0.15) is 0 Å². The number of hydrogen-bond donors (Lipinski definition) is 1. The van der Waals surface area contributed by atoms with Gasteiger partial charge in [0.1, 0.15) is 0 Å². The third-order valence-electron chi connectivity index (χ3n) is 2.39. The molecule has 0 heterocycles. The summed E-state index contributed by atoms with van der Waals surface area (Å²) in [5, 5.41) is 3.00. The topological polar surface area (TPSA) is 29.1 Å². The van der Waals surface area contributed by atoms with E-state index in [0.29, 0.717) is 0 Å². The highest BCUT2D eigenvalue weighted by atomic mass is 16.1. The van der Waals surface area contributed by atoms with E-state index in [-0.39, 0.29) is 11.4 Å². The summed E-state index contributed by atoms with van der Waals surface area (Å²) in [7, 11) is 0. The highest BCUT2D eigenvalue weighted by molar-refractivity contribution is 5.97. The van der Waals surface area contributed by atoms with Crippen LogP contribution in [0, 0.1) is 20.8 Å². The molecule has 0 aromatic heterocycles. The van der Waals surface area contributed by atoms with Gasteiger partial charge in [0.05, 0.1) is 0 Å². The second-order valence-electron chi connectivity index (χ2n) is 5.48. The van der Waals surface area contributed by atoms with Crippen LogP contribution in [0.25, 0.3) is 0 Å². The van der Waals surface area contributed by atoms with E-state index in [0.717, 1.165) is 16.7 Å².